The van der Waals surface area contributed by atoms with Crippen molar-refractivity contribution >= 4 is 45.9 Å². The first kappa shape index (κ1) is 29.4. The molecule has 2 unspecified atom stereocenters. The van der Waals surface area contributed by atoms with E-state index in [4.69, 9.17) is 0 Å². The number of aliphatic hydroxyl groups is 1. The van der Waals surface area contributed by atoms with Crippen LogP contribution in [0, 0.1) is 17.8 Å². The molecule has 8 heteroatoms. The van der Waals surface area contributed by atoms with Gasteiger partial charge in [0.05, 0.1) is 29.2 Å². The fraction of sp³-hybridized carbons (Fsp3) is 0.485. The van der Waals surface area contributed by atoms with Crippen molar-refractivity contribution in [3.05, 3.63) is 67.8 Å². The molecule has 0 aliphatic carbocycles. The van der Waals surface area contributed by atoms with Crippen molar-refractivity contribution in [2.24, 2.45) is 17.8 Å². The van der Waals surface area contributed by atoms with Crippen molar-refractivity contribution in [1.29, 1.82) is 0 Å². The number of anilines is 1. The third-order valence-electron chi connectivity index (χ3n) is 9.50. The molecule has 7 atom stereocenters. The second kappa shape index (κ2) is 11.6. The van der Waals surface area contributed by atoms with Crippen LogP contribution in [-0.4, -0.2) is 81.5 Å². The van der Waals surface area contributed by atoms with Crippen LogP contribution >= 0.6 is 11.8 Å². The van der Waals surface area contributed by atoms with Gasteiger partial charge in [-0.05, 0) is 41.7 Å². The standard InChI is InChI=1S/C33H41N3O4S/c1-6-17-34(5)30(38)27-26-15-16-33(41-26)28(27)31(39)36(25(20-37)21(4)8-3)29(33)32(40)35(18-7-2)24-14-13-22-11-9-10-12-23(22)19-24/h6-7,9-14,19,21,25-29,37H,1-2,8,15-18,20H2,3-5H3/t21-,25-,26-,27+,28-,29?,33?/m0/s1. The van der Waals surface area contributed by atoms with E-state index in [9.17, 15) is 19.5 Å². The summed E-state index contributed by atoms with van der Waals surface area (Å²) >= 11 is 1.66. The molecule has 2 bridgehead atoms. The molecule has 7 nitrogen and oxygen atoms in total. The van der Waals surface area contributed by atoms with E-state index < -0.39 is 28.7 Å². The number of fused-ring (bicyclic) bond motifs is 2. The minimum absolute atomic E-state index is 0.0223. The molecule has 41 heavy (non-hydrogen) atoms. The second-order valence-corrected chi connectivity index (χ2v) is 13.3. The maximum absolute atomic E-state index is 14.9. The van der Waals surface area contributed by atoms with Crippen molar-refractivity contribution in [2.45, 2.75) is 55.2 Å². The van der Waals surface area contributed by atoms with Crippen LogP contribution in [-0.2, 0) is 14.4 Å². The van der Waals surface area contributed by atoms with E-state index in [0.29, 0.717) is 13.0 Å². The summed E-state index contributed by atoms with van der Waals surface area (Å²) in [5.74, 6) is -1.57. The first-order chi connectivity index (χ1) is 19.7. The molecule has 5 rings (SSSR count). The number of nitrogens with zero attached hydrogens (tertiary/aromatic N) is 3. The van der Waals surface area contributed by atoms with Crippen molar-refractivity contribution in [1.82, 2.24) is 9.80 Å². The average Bonchev–Trinajstić information content (AvgIpc) is 3.63. The molecule has 3 aliphatic rings. The average molecular weight is 576 g/mol. The summed E-state index contributed by atoms with van der Waals surface area (Å²) in [4.78, 5) is 48.2. The van der Waals surface area contributed by atoms with E-state index in [0.717, 1.165) is 29.3 Å². The number of hydrogen-bond acceptors (Lipinski definition) is 5. The lowest BCUT2D eigenvalue weighted by Crippen LogP contribution is -2.58. The van der Waals surface area contributed by atoms with Crippen molar-refractivity contribution in [2.75, 3.05) is 31.6 Å². The summed E-state index contributed by atoms with van der Waals surface area (Å²) in [6.07, 6.45) is 5.59. The molecule has 3 aliphatic heterocycles. The Kier molecular flexibility index (Phi) is 8.35. The minimum atomic E-state index is -0.796. The van der Waals surface area contributed by atoms with Crippen LogP contribution in [0.25, 0.3) is 10.8 Å². The predicted octanol–water partition coefficient (Wildman–Crippen LogP) is 4.50. The van der Waals surface area contributed by atoms with Gasteiger partial charge in [-0.15, -0.1) is 24.9 Å². The number of aliphatic hydroxyl groups excluding tert-OH is 1. The van der Waals surface area contributed by atoms with E-state index in [1.807, 2.05) is 56.3 Å². The molecular formula is C33H41N3O4S. The normalized spacial score (nSPS) is 27.9. The van der Waals surface area contributed by atoms with Crippen LogP contribution in [0.15, 0.2) is 67.8 Å². The van der Waals surface area contributed by atoms with Gasteiger partial charge in [0.1, 0.15) is 6.04 Å². The van der Waals surface area contributed by atoms with Crippen molar-refractivity contribution < 1.29 is 19.5 Å². The quantitative estimate of drug-likeness (QED) is 0.399. The summed E-state index contributed by atoms with van der Waals surface area (Å²) in [5.41, 5.74) is 0.737. The van der Waals surface area contributed by atoms with E-state index >= 15 is 0 Å². The molecule has 2 aromatic rings. The third-order valence-corrected chi connectivity index (χ3v) is 11.5. The summed E-state index contributed by atoms with van der Waals surface area (Å²) < 4.78 is -0.731. The highest BCUT2D eigenvalue weighted by Crippen LogP contribution is 2.67. The first-order valence-corrected chi connectivity index (χ1v) is 15.5. The molecule has 1 spiro atoms. The molecule has 1 N–H and O–H groups in total. The number of carbonyl (C=O) groups is 3. The molecular weight excluding hydrogens is 534 g/mol. The fourth-order valence-corrected chi connectivity index (χ4v) is 9.50. The zero-order valence-corrected chi connectivity index (χ0v) is 25.1. The topological polar surface area (TPSA) is 81.2 Å². The molecule has 3 saturated heterocycles. The van der Waals surface area contributed by atoms with Gasteiger partial charge < -0.3 is 19.8 Å². The predicted molar refractivity (Wildman–Crippen MR) is 166 cm³/mol. The van der Waals surface area contributed by atoms with Crippen molar-refractivity contribution in [3.63, 3.8) is 0 Å². The number of carbonyl (C=O) groups excluding carboxylic acids is 3. The van der Waals surface area contributed by atoms with Gasteiger partial charge in [-0.3, -0.25) is 14.4 Å². The summed E-state index contributed by atoms with van der Waals surface area (Å²) in [6.45, 7) is 12.2. The first-order valence-electron chi connectivity index (χ1n) is 14.6. The largest absolute Gasteiger partial charge is 0.394 e. The van der Waals surface area contributed by atoms with Crippen LogP contribution in [0.3, 0.4) is 0 Å². The molecule has 0 aromatic heterocycles. The van der Waals surface area contributed by atoms with Gasteiger partial charge in [0.2, 0.25) is 11.8 Å². The Morgan fingerprint density at radius 2 is 1.85 bits per heavy atom. The van der Waals surface area contributed by atoms with E-state index in [1.54, 1.807) is 45.7 Å². The molecule has 2 aromatic carbocycles. The number of benzene rings is 2. The maximum Gasteiger partial charge on any atom is 0.251 e. The molecule has 0 saturated carbocycles. The number of thioether (sulfide) groups is 1. The number of likely N-dealkylation sites (tertiary alicyclic amines) is 1. The van der Waals surface area contributed by atoms with Gasteiger partial charge in [-0.1, -0.05) is 62.8 Å². The zero-order valence-electron chi connectivity index (χ0n) is 24.2. The van der Waals surface area contributed by atoms with Crippen LogP contribution in [0.5, 0.6) is 0 Å². The lowest BCUT2D eigenvalue weighted by molar-refractivity contribution is -0.145. The SMILES string of the molecule is C=CCN(C)C(=O)[C@@H]1[C@@H]2CCC3(S2)C(C(=O)N(CC=C)c2ccc4ccccc4c2)N([C@@H](CO)[C@@H](C)CC)C(=O)[C@H]13. The van der Waals surface area contributed by atoms with Crippen LogP contribution in [0.2, 0.25) is 0 Å². The Labute approximate surface area is 247 Å². The number of likely N-dealkylation sites (N-methyl/N-ethyl adjacent to an activating group) is 1. The fourth-order valence-electron chi connectivity index (χ4n) is 7.31. The van der Waals surface area contributed by atoms with Gasteiger partial charge in [0.15, 0.2) is 0 Å². The monoisotopic (exact) mass is 575 g/mol. The van der Waals surface area contributed by atoms with Crippen LogP contribution in [0.4, 0.5) is 5.69 Å². The highest BCUT2D eigenvalue weighted by molar-refractivity contribution is 8.02. The summed E-state index contributed by atoms with van der Waals surface area (Å²) in [7, 11) is 1.74. The lowest BCUT2D eigenvalue weighted by Gasteiger charge is -2.41. The van der Waals surface area contributed by atoms with Gasteiger partial charge in [0.25, 0.3) is 5.91 Å². The van der Waals surface area contributed by atoms with E-state index in [1.165, 1.54) is 0 Å². The summed E-state index contributed by atoms with van der Waals surface area (Å²) in [5, 5.41) is 12.7. The number of rotatable bonds is 11. The number of hydrogen-bond donors (Lipinski definition) is 1. The molecule has 3 amide bonds. The van der Waals surface area contributed by atoms with Gasteiger partial charge in [-0.25, -0.2) is 0 Å². The molecule has 3 fully saturated rings. The Bertz CT molecular complexity index is 1360. The minimum Gasteiger partial charge on any atom is -0.394 e. The summed E-state index contributed by atoms with van der Waals surface area (Å²) in [6, 6.07) is 12.6. The van der Waals surface area contributed by atoms with Crippen molar-refractivity contribution in [3.8, 4) is 0 Å². The molecule has 3 heterocycles. The van der Waals surface area contributed by atoms with E-state index in [2.05, 4.69) is 13.2 Å². The Hall–Kier alpha value is -3.10. The van der Waals surface area contributed by atoms with Crippen LogP contribution in [0.1, 0.15) is 33.1 Å². The number of amides is 3. The smallest absolute Gasteiger partial charge is 0.251 e. The second-order valence-electron chi connectivity index (χ2n) is 11.7. The Morgan fingerprint density at radius 3 is 2.51 bits per heavy atom. The highest BCUT2D eigenvalue weighted by atomic mass is 32.2. The Morgan fingerprint density at radius 1 is 1.15 bits per heavy atom. The van der Waals surface area contributed by atoms with Gasteiger partial charge in [-0.2, -0.15) is 0 Å². The maximum atomic E-state index is 14.9. The van der Waals surface area contributed by atoms with E-state index in [-0.39, 0.29) is 42.0 Å². The lowest BCUT2D eigenvalue weighted by atomic mass is 9.70. The van der Waals surface area contributed by atoms with Crippen LogP contribution < -0.4 is 4.90 Å². The highest BCUT2D eigenvalue weighted by Gasteiger charge is 2.74. The zero-order chi connectivity index (χ0) is 29.5. The third kappa shape index (κ3) is 4.69. The van der Waals surface area contributed by atoms with Gasteiger partial charge in [0, 0.05) is 31.1 Å². The Balaban J connectivity index is 1.62. The molecule has 0 radical (unpaired) electrons. The van der Waals surface area contributed by atoms with Gasteiger partial charge >= 0.3 is 0 Å². The molecule has 218 valence electrons.